The normalized spacial score (nSPS) is 16.1. The van der Waals surface area contributed by atoms with Crippen LogP contribution in [0.1, 0.15) is 46.2 Å². The van der Waals surface area contributed by atoms with Gasteiger partial charge in [-0.15, -0.1) is 0 Å². The van der Waals surface area contributed by atoms with Crippen LogP contribution in [-0.2, 0) is 5.41 Å². The molecule has 9 aromatic rings. The maximum Gasteiger partial charge on any atom is 0.160 e. The molecule has 0 fully saturated rings. The third-order valence-electron chi connectivity index (χ3n) is 12.3. The molecule has 2 aliphatic rings. The first-order valence-corrected chi connectivity index (χ1v) is 19.8. The Kier molecular flexibility index (Phi) is 7.72. The molecule has 0 amide bonds. The van der Waals surface area contributed by atoms with Crippen molar-refractivity contribution < 1.29 is 0 Å². The standard InChI is InChI=1S/C55H38N2/c1-55(41-23-12-5-13-24-41)48-28-16-27-46(51-35-50(36-17-6-2-7-18-36)56-54(57-51)38-21-10-4-11-22-38)53(48)45-32-30-40(34-49(45)55)39-29-31-44-47(33-39)42-25-14-15-26-43(42)52(44)37-19-8-3-9-20-37/h2-35,52H,1H3. The molecule has 11 rings (SSSR count). The predicted molar refractivity (Wildman–Crippen MR) is 234 cm³/mol. The minimum absolute atomic E-state index is 0.229. The van der Waals surface area contributed by atoms with E-state index in [0.29, 0.717) is 0 Å². The molecule has 2 atom stereocenters. The summed E-state index contributed by atoms with van der Waals surface area (Å²) >= 11 is 0. The van der Waals surface area contributed by atoms with E-state index >= 15 is 0 Å². The maximum atomic E-state index is 5.30. The van der Waals surface area contributed by atoms with Crippen LogP contribution in [0.2, 0.25) is 0 Å². The summed E-state index contributed by atoms with van der Waals surface area (Å²) in [6.07, 6.45) is 0. The van der Waals surface area contributed by atoms with Gasteiger partial charge in [-0.3, -0.25) is 0 Å². The molecule has 0 saturated carbocycles. The molecule has 1 heterocycles. The average molecular weight is 727 g/mol. The Morgan fingerprint density at radius 3 is 1.75 bits per heavy atom. The van der Waals surface area contributed by atoms with Gasteiger partial charge >= 0.3 is 0 Å². The van der Waals surface area contributed by atoms with Crippen molar-refractivity contribution in [3.63, 3.8) is 0 Å². The van der Waals surface area contributed by atoms with Gasteiger partial charge < -0.3 is 0 Å². The van der Waals surface area contributed by atoms with E-state index in [1.807, 2.05) is 24.3 Å². The van der Waals surface area contributed by atoms with E-state index < -0.39 is 5.41 Å². The maximum absolute atomic E-state index is 5.30. The van der Waals surface area contributed by atoms with Crippen LogP contribution < -0.4 is 0 Å². The molecule has 1 aromatic heterocycles. The van der Waals surface area contributed by atoms with Gasteiger partial charge in [0.2, 0.25) is 0 Å². The van der Waals surface area contributed by atoms with E-state index in [-0.39, 0.29) is 5.92 Å². The Bertz CT molecular complexity index is 2900. The fourth-order valence-corrected chi connectivity index (χ4v) is 9.50. The number of benzene rings is 8. The highest BCUT2D eigenvalue weighted by Gasteiger charge is 2.42. The molecule has 0 spiro atoms. The molecule has 0 bridgehead atoms. The first-order valence-electron chi connectivity index (χ1n) is 19.8. The highest BCUT2D eigenvalue weighted by atomic mass is 14.9. The number of aromatic nitrogens is 2. The highest BCUT2D eigenvalue weighted by molar-refractivity contribution is 5.95. The van der Waals surface area contributed by atoms with Crippen LogP contribution in [0.15, 0.2) is 206 Å². The van der Waals surface area contributed by atoms with Crippen molar-refractivity contribution in [2.24, 2.45) is 0 Å². The van der Waals surface area contributed by atoms with Gasteiger partial charge in [0.15, 0.2) is 5.82 Å². The minimum Gasteiger partial charge on any atom is -0.228 e. The molecule has 0 saturated heterocycles. The van der Waals surface area contributed by atoms with Crippen molar-refractivity contribution >= 4 is 0 Å². The van der Waals surface area contributed by atoms with Crippen LogP contribution in [0, 0.1) is 0 Å². The number of hydrogen-bond donors (Lipinski definition) is 0. The minimum atomic E-state index is -0.392. The van der Waals surface area contributed by atoms with Gasteiger partial charge in [-0.2, -0.15) is 0 Å². The summed E-state index contributed by atoms with van der Waals surface area (Å²) in [6, 6.07) is 74.7. The Hall–Kier alpha value is -7.16. The number of rotatable bonds is 6. The molecule has 2 nitrogen and oxygen atoms in total. The quantitative estimate of drug-likeness (QED) is 0.170. The second-order valence-corrected chi connectivity index (χ2v) is 15.4. The van der Waals surface area contributed by atoms with Gasteiger partial charge in [-0.05, 0) is 91.9 Å². The van der Waals surface area contributed by atoms with Crippen LogP contribution in [0.4, 0.5) is 0 Å². The number of nitrogens with zero attached hydrogens (tertiary/aromatic N) is 2. The second kappa shape index (κ2) is 13.3. The van der Waals surface area contributed by atoms with Gasteiger partial charge in [-0.25, -0.2) is 9.97 Å². The molecular weight excluding hydrogens is 689 g/mol. The molecule has 0 aliphatic heterocycles. The van der Waals surface area contributed by atoms with Gasteiger partial charge in [0, 0.05) is 28.0 Å². The molecule has 0 N–H and O–H groups in total. The topological polar surface area (TPSA) is 25.8 Å². The highest BCUT2D eigenvalue weighted by Crippen LogP contribution is 2.56. The van der Waals surface area contributed by atoms with E-state index in [1.165, 1.54) is 66.8 Å². The number of fused-ring (bicyclic) bond motifs is 6. The molecule has 2 unspecified atom stereocenters. The summed E-state index contributed by atoms with van der Waals surface area (Å²) < 4.78 is 0. The van der Waals surface area contributed by atoms with Crippen molar-refractivity contribution in [3.8, 4) is 67.3 Å². The Balaban J connectivity index is 1.10. The summed E-state index contributed by atoms with van der Waals surface area (Å²) in [5.74, 6) is 0.948. The van der Waals surface area contributed by atoms with Crippen molar-refractivity contribution in [1.29, 1.82) is 0 Å². The van der Waals surface area contributed by atoms with Crippen molar-refractivity contribution in [2.45, 2.75) is 18.3 Å². The van der Waals surface area contributed by atoms with Crippen LogP contribution in [0.5, 0.6) is 0 Å². The molecule has 57 heavy (non-hydrogen) atoms. The smallest absolute Gasteiger partial charge is 0.160 e. The molecular formula is C55H38N2. The lowest BCUT2D eigenvalue weighted by Crippen LogP contribution is -2.22. The Labute approximate surface area is 333 Å². The summed E-state index contributed by atoms with van der Waals surface area (Å²) in [6.45, 7) is 2.40. The monoisotopic (exact) mass is 726 g/mol. The predicted octanol–water partition coefficient (Wildman–Crippen LogP) is 13.6. The van der Waals surface area contributed by atoms with Crippen LogP contribution in [0.3, 0.4) is 0 Å². The van der Waals surface area contributed by atoms with E-state index in [4.69, 9.17) is 9.97 Å². The van der Waals surface area contributed by atoms with Gasteiger partial charge in [0.05, 0.1) is 11.4 Å². The van der Waals surface area contributed by atoms with E-state index in [9.17, 15) is 0 Å². The summed E-state index contributed by atoms with van der Waals surface area (Å²) in [5, 5.41) is 0. The molecule has 2 heteroatoms. The fourth-order valence-electron chi connectivity index (χ4n) is 9.50. The second-order valence-electron chi connectivity index (χ2n) is 15.4. The lowest BCUT2D eigenvalue weighted by Gasteiger charge is -2.29. The third kappa shape index (κ3) is 5.33. The number of hydrogen-bond acceptors (Lipinski definition) is 2. The molecule has 0 radical (unpaired) electrons. The largest absolute Gasteiger partial charge is 0.228 e. The zero-order chi connectivity index (χ0) is 37.9. The zero-order valence-electron chi connectivity index (χ0n) is 31.6. The molecule has 2 aliphatic carbocycles. The van der Waals surface area contributed by atoms with E-state index in [0.717, 1.165) is 33.9 Å². The molecule has 268 valence electrons. The lowest BCUT2D eigenvalue weighted by molar-refractivity contribution is 0.714. The van der Waals surface area contributed by atoms with E-state index in [1.54, 1.807) is 0 Å². The Morgan fingerprint density at radius 1 is 0.386 bits per heavy atom. The fraction of sp³-hybridized carbons (Fsp3) is 0.0545. The van der Waals surface area contributed by atoms with Crippen LogP contribution >= 0.6 is 0 Å². The molecule has 8 aromatic carbocycles. The zero-order valence-corrected chi connectivity index (χ0v) is 31.6. The van der Waals surface area contributed by atoms with Crippen molar-refractivity contribution in [1.82, 2.24) is 9.97 Å². The summed E-state index contributed by atoms with van der Waals surface area (Å²) in [4.78, 5) is 10.4. The van der Waals surface area contributed by atoms with Crippen LogP contribution in [-0.4, -0.2) is 9.97 Å². The van der Waals surface area contributed by atoms with Gasteiger partial charge in [-0.1, -0.05) is 188 Å². The SMILES string of the molecule is CC1(c2ccccc2)c2cc(-c3ccc4c(c3)-c3ccccc3C4c3ccccc3)ccc2-c2c(-c3cc(-c4ccccc4)nc(-c4ccccc4)n3)cccc21. The first kappa shape index (κ1) is 33.2. The third-order valence-corrected chi connectivity index (χ3v) is 12.3. The average Bonchev–Trinajstić information content (AvgIpc) is 3.76. The summed E-state index contributed by atoms with van der Waals surface area (Å²) in [7, 11) is 0. The van der Waals surface area contributed by atoms with Crippen molar-refractivity contribution in [3.05, 3.63) is 240 Å². The Morgan fingerprint density at radius 2 is 0.982 bits per heavy atom. The van der Waals surface area contributed by atoms with Crippen molar-refractivity contribution in [2.75, 3.05) is 0 Å². The lowest BCUT2D eigenvalue weighted by atomic mass is 9.73. The summed E-state index contributed by atoms with van der Waals surface area (Å²) in [5.41, 5.74) is 20.1. The first-order chi connectivity index (χ1) is 28.1. The van der Waals surface area contributed by atoms with Gasteiger partial charge in [0.25, 0.3) is 0 Å². The van der Waals surface area contributed by atoms with Gasteiger partial charge in [0.1, 0.15) is 0 Å². The van der Waals surface area contributed by atoms with Crippen LogP contribution in [0.25, 0.3) is 67.3 Å². The van der Waals surface area contributed by atoms with E-state index in [2.05, 4.69) is 189 Å².